The van der Waals surface area contributed by atoms with Crippen LogP contribution in [0.15, 0.2) is 30.5 Å². The van der Waals surface area contributed by atoms with Crippen LogP contribution in [0.5, 0.6) is 5.75 Å². The second-order valence-electron chi connectivity index (χ2n) is 7.32. The molecule has 0 atom stereocenters. The van der Waals surface area contributed by atoms with E-state index in [0.717, 1.165) is 43.7 Å². The number of rotatable bonds is 2. The van der Waals surface area contributed by atoms with Gasteiger partial charge in [0, 0.05) is 38.1 Å². The number of halogens is 1. The number of likely N-dealkylation sites (tertiary alicyclic amines) is 1. The summed E-state index contributed by atoms with van der Waals surface area (Å²) in [5, 5.41) is 11.0. The Hall–Kier alpha value is -3.00. The standard InChI is InChI=1S/C21H24ClN5O3/c1-24-21(29)27-10-7-14(13-17(27)23)26-11-12-30-19-16(26)6-5-15(18(19)22)20(28)25-8-3-2-4-9-25/h5-7,10,13,23H,2-4,8-9,11-12H2,1H3,(H,24,29). The van der Waals surface area contributed by atoms with Crippen molar-refractivity contribution in [1.29, 1.82) is 5.41 Å². The van der Waals surface area contributed by atoms with Gasteiger partial charge < -0.3 is 19.9 Å². The molecule has 0 spiro atoms. The fraction of sp³-hybridized carbons (Fsp3) is 0.381. The number of hydrogen-bond acceptors (Lipinski definition) is 5. The number of nitrogens with zero attached hydrogens (tertiary/aromatic N) is 3. The van der Waals surface area contributed by atoms with E-state index < -0.39 is 0 Å². The van der Waals surface area contributed by atoms with Crippen molar-refractivity contribution < 1.29 is 14.3 Å². The number of amides is 2. The second kappa shape index (κ2) is 8.39. The van der Waals surface area contributed by atoms with Crippen molar-refractivity contribution in [3.8, 4) is 5.75 Å². The molecule has 2 aromatic rings. The van der Waals surface area contributed by atoms with E-state index in [1.54, 1.807) is 24.4 Å². The van der Waals surface area contributed by atoms with Gasteiger partial charge in [-0.3, -0.25) is 14.8 Å². The van der Waals surface area contributed by atoms with E-state index in [0.29, 0.717) is 29.5 Å². The molecular formula is C21H24ClN5O3. The minimum absolute atomic E-state index is 0.0582. The molecule has 2 aliphatic rings. The van der Waals surface area contributed by atoms with Crippen molar-refractivity contribution in [3.05, 3.63) is 46.5 Å². The molecule has 0 saturated carbocycles. The van der Waals surface area contributed by atoms with Crippen LogP contribution in [0, 0.1) is 5.41 Å². The van der Waals surface area contributed by atoms with Gasteiger partial charge in [-0.25, -0.2) is 4.79 Å². The van der Waals surface area contributed by atoms with Gasteiger partial charge in [-0.15, -0.1) is 0 Å². The van der Waals surface area contributed by atoms with Crippen molar-refractivity contribution in [1.82, 2.24) is 14.8 Å². The lowest BCUT2D eigenvalue weighted by Gasteiger charge is -2.33. The van der Waals surface area contributed by atoms with E-state index in [9.17, 15) is 9.59 Å². The fourth-order valence-corrected chi connectivity index (χ4v) is 4.21. The van der Waals surface area contributed by atoms with E-state index >= 15 is 0 Å². The second-order valence-corrected chi connectivity index (χ2v) is 7.70. The maximum atomic E-state index is 12.9. The van der Waals surface area contributed by atoms with Crippen LogP contribution < -0.4 is 20.4 Å². The third-order valence-electron chi connectivity index (χ3n) is 5.48. The van der Waals surface area contributed by atoms with Crippen LogP contribution in [-0.4, -0.2) is 54.7 Å². The first-order valence-corrected chi connectivity index (χ1v) is 10.4. The summed E-state index contributed by atoms with van der Waals surface area (Å²) in [7, 11) is 1.52. The van der Waals surface area contributed by atoms with E-state index in [1.807, 2.05) is 15.9 Å². The third kappa shape index (κ3) is 3.63. The summed E-state index contributed by atoms with van der Waals surface area (Å²) < 4.78 is 7.05. The van der Waals surface area contributed by atoms with Crippen LogP contribution in [-0.2, 0) is 0 Å². The highest BCUT2D eigenvalue weighted by molar-refractivity contribution is 6.35. The van der Waals surface area contributed by atoms with Crippen molar-refractivity contribution in [2.75, 3.05) is 38.2 Å². The van der Waals surface area contributed by atoms with E-state index in [1.165, 1.54) is 11.6 Å². The average Bonchev–Trinajstić information content (AvgIpc) is 2.78. The van der Waals surface area contributed by atoms with Crippen molar-refractivity contribution >= 4 is 34.9 Å². The summed E-state index contributed by atoms with van der Waals surface area (Å²) in [5.41, 5.74) is 1.99. The lowest BCUT2D eigenvalue weighted by molar-refractivity contribution is 0.0724. The number of ether oxygens (including phenoxy) is 1. The first kappa shape index (κ1) is 20.3. The molecule has 30 heavy (non-hydrogen) atoms. The molecular weight excluding hydrogens is 406 g/mol. The van der Waals surface area contributed by atoms with Gasteiger partial charge >= 0.3 is 6.03 Å². The number of carbonyl (C=O) groups is 2. The monoisotopic (exact) mass is 429 g/mol. The van der Waals surface area contributed by atoms with Gasteiger partial charge in [0.2, 0.25) is 0 Å². The third-order valence-corrected chi connectivity index (χ3v) is 5.86. The van der Waals surface area contributed by atoms with Gasteiger partial charge in [0.1, 0.15) is 12.1 Å². The number of benzene rings is 1. The zero-order valence-corrected chi connectivity index (χ0v) is 17.5. The van der Waals surface area contributed by atoms with E-state index in [4.69, 9.17) is 21.7 Å². The summed E-state index contributed by atoms with van der Waals surface area (Å²) in [6.45, 7) is 2.46. The Morgan fingerprint density at radius 1 is 1.13 bits per heavy atom. The summed E-state index contributed by atoms with van der Waals surface area (Å²) in [4.78, 5) is 28.6. The Bertz CT molecular complexity index is 1050. The smallest absolute Gasteiger partial charge is 0.326 e. The molecule has 3 heterocycles. The fourth-order valence-electron chi connectivity index (χ4n) is 3.91. The van der Waals surface area contributed by atoms with Crippen LogP contribution in [0.4, 0.5) is 16.2 Å². The SMILES string of the molecule is CNC(=O)n1ccc(N2CCOc3c2ccc(C(=O)N2CCCCC2)c3Cl)cc1=N. The Morgan fingerprint density at radius 3 is 2.60 bits per heavy atom. The number of hydrogen-bond donors (Lipinski definition) is 2. The van der Waals surface area contributed by atoms with E-state index in [-0.39, 0.29) is 17.4 Å². The maximum Gasteiger partial charge on any atom is 0.326 e. The van der Waals surface area contributed by atoms with Gasteiger partial charge in [-0.05, 0) is 37.5 Å². The number of nitrogens with one attached hydrogen (secondary N) is 2. The molecule has 2 aliphatic heterocycles. The van der Waals surface area contributed by atoms with E-state index in [2.05, 4.69) is 5.32 Å². The summed E-state index contributed by atoms with van der Waals surface area (Å²) in [6, 6.07) is 6.59. The number of pyridine rings is 1. The molecule has 2 N–H and O–H groups in total. The predicted octanol–water partition coefficient (Wildman–Crippen LogP) is 2.97. The molecule has 1 aromatic heterocycles. The first-order valence-electron chi connectivity index (χ1n) is 10.0. The molecule has 8 nitrogen and oxygen atoms in total. The summed E-state index contributed by atoms with van der Waals surface area (Å²) >= 11 is 6.62. The lowest BCUT2D eigenvalue weighted by Crippen LogP contribution is -2.36. The molecule has 9 heteroatoms. The molecule has 4 rings (SSSR count). The summed E-state index contributed by atoms with van der Waals surface area (Å²) in [5.74, 6) is 0.406. The molecule has 0 radical (unpaired) electrons. The lowest BCUT2D eigenvalue weighted by atomic mass is 10.1. The highest BCUT2D eigenvalue weighted by Crippen LogP contribution is 2.43. The van der Waals surface area contributed by atoms with Gasteiger partial charge in [-0.1, -0.05) is 11.6 Å². The quantitative estimate of drug-likeness (QED) is 0.767. The van der Waals surface area contributed by atoms with Gasteiger partial charge in [0.25, 0.3) is 5.91 Å². The Morgan fingerprint density at radius 2 is 1.90 bits per heavy atom. The van der Waals surface area contributed by atoms with Crippen LogP contribution in [0.2, 0.25) is 5.02 Å². The van der Waals surface area contributed by atoms with Crippen LogP contribution in [0.1, 0.15) is 29.6 Å². The normalized spacial score (nSPS) is 15.9. The average molecular weight is 430 g/mol. The molecule has 0 aliphatic carbocycles. The summed E-state index contributed by atoms with van der Waals surface area (Å²) in [6.07, 6.45) is 4.73. The maximum absolute atomic E-state index is 12.9. The highest BCUT2D eigenvalue weighted by atomic mass is 35.5. The minimum atomic E-state index is -0.377. The van der Waals surface area contributed by atoms with Gasteiger partial charge in [-0.2, -0.15) is 0 Å². The highest BCUT2D eigenvalue weighted by Gasteiger charge is 2.28. The van der Waals surface area contributed by atoms with Crippen molar-refractivity contribution in [3.63, 3.8) is 0 Å². The minimum Gasteiger partial charge on any atom is -0.488 e. The van der Waals surface area contributed by atoms with Crippen LogP contribution in [0.3, 0.4) is 0 Å². The zero-order chi connectivity index (χ0) is 21.3. The Balaban J connectivity index is 1.67. The Kier molecular flexibility index (Phi) is 5.67. The molecule has 0 unspecified atom stereocenters. The molecule has 1 saturated heterocycles. The van der Waals surface area contributed by atoms with Crippen LogP contribution >= 0.6 is 11.6 Å². The number of piperidine rings is 1. The number of aromatic nitrogens is 1. The Labute approximate surface area is 179 Å². The molecule has 1 fully saturated rings. The topological polar surface area (TPSA) is 90.7 Å². The molecule has 158 valence electrons. The first-order chi connectivity index (χ1) is 14.5. The number of anilines is 2. The van der Waals surface area contributed by atoms with Crippen molar-refractivity contribution in [2.24, 2.45) is 0 Å². The number of carbonyl (C=O) groups excluding carboxylic acids is 2. The molecule has 0 bridgehead atoms. The van der Waals surface area contributed by atoms with Crippen LogP contribution in [0.25, 0.3) is 0 Å². The number of fused-ring (bicyclic) bond motifs is 1. The predicted molar refractivity (Wildman–Crippen MR) is 114 cm³/mol. The van der Waals surface area contributed by atoms with Crippen molar-refractivity contribution in [2.45, 2.75) is 19.3 Å². The zero-order valence-electron chi connectivity index (χ0n) is 16.8. The molecule has 2 amide bonds. The van der Waals surface area contributed by atoms with Gasteiger partial charge in [0.05, 0.1) is 22.8 Å². The molecule has 1 aromatic carbocycles. The van der Waals surface area contributed by atoms with Gasteiger partial charge in [0.15, 0.2) is 5.75 Å². The largest absolute Gasteiger partial charge is 0.488 e.